The van der Waals surface area contributed by atoms with Gasteiger partial charge in [-0.05, 0) is 72.1 Å². The molecule has 8 heteroatoms. The number of rotatable bonds is 8. The Labute approximate surface area is 205 Å². The molecule has 7 nitrogen and oxygen atoms in total. The van der Waals surface area contributed by atoms with E-state index in [-0.39, 0.29) is 5.91 Å². The second-order valence-corrected chi connectivity index (χ2v) is 8.73. The summed E-state index contributed by atoms with van der Waals surface area (Å²) < 4.78 is 8.49. The second kappa shape index (κ2) is 10.5. The number of hydrogen-bond donors (Lipinski definition) is 3. The minimum atomic E-state index is -0.544. The van der Waals surface area contributed by atoms with Gasteiger partial charge >= 0.3 is 0 Å². The van der Waals surface area contributed by atoms with Crippen molar-refractivity contribution in [1.82, 2.24) is 15.4 Å². The smallest absolute Gasteiger partial charge is 0.274 e. The van der Waals surface area contributed by atoms with E-state index >= 15 is 0 Å². The van der Waals surface area contributed by atoms with Crippen LogP contribution >= 0.6 is 15.9 Å². The second-order valence-electron chi connectivity index (χ2n) is 7.82. The van der Waals surface area contributed by atoms with Crippen LogP contribution in [0.15, 0.2) is 77.4 Å². The van der Waals surface area contributed by atoms with Crippen molar-refractivity contribution in [2.75, 3.05) is 13.7 Å². The molecular weight excluding hydrogens is 498 g/mol. The molecule has 4 rings (SSSR count). The van der Waals surface area contributed by atoms with Crippen molar-refractivity contribution >= 4 is 38.6 Å². The molecule has 0 aliphatic rings. The number of fused-ring (bicyclic) bond motifs is 1. The zero-order valence-corrected chi connectivity index (χ0v) is 20.1. The number of hydroxylamine groups is 1. The van der Waals surface area contributed by atoms with Crippen LogP contribution in [0.25, 0.3) is 10.9 Å². The van der Waals surface area contributed by atoms with Crippen LogP contribution in [0.3, 0.4) is 0 Å². The number of ether oxygens (including phenoxy) is 1. The van der Waals surface area contributed by atoms with E-state index in [2.05, 4.69) is 32.0 Å². The van der Waals surface area contributed by atoms with Crippen LogP contribution in [0, 0.1) is 0 Å². The van der Waals surface area contributed by atoms with E-state index in [0.29, 0.717) is 30.6 Å². The highest BCUT2D eigenvalue weighted by Gasteiger charge is 2.12. The van der Waals surface area contributed by atoms with Crippen molar-refractivity contribution in [3.63, 3.8) is 0 Å². The van der Waals surface area contributed by atoms with Crippen LogP contribution in [-0.4, -0.2) is 35.2 Å². The number of carbonyl (C=O) groups excluding carboxylic acids is 2. The molecule has 0 radical (unpaired) electrons. The Balaban J connectivity index is 1.52. The summed E-state index contributed by atoms with van der Waals surface area (Å²) in [5.41, 5.74) is 5.80. The van der Waals surface area contributed by atoms with Crippen LogP contribution in [0.2, 0.25) is 0 Å². The van der Waals surface area contributed by atoms with Crippen LogP contribution < -0.4 is 15.5 Å². The summed E-state index contributed by atoms with van der Waals surface area (Å²) in [4.78, 5) is 24.0. The van der Waals surface area contributed by atoms with Crippen molar-refractivity contribution in [1.29, 1.82) is 0 Å². The number of nitrogens with one attached hydrogen (secondary N) is 2. The van der Waals surface area contributed by atoms with Crippen molar-refractivity contribution < 1.29 is 19.5 Å². The van der Waals surface area contributed by atoms with Gasteiger partial charge in [-0.2, -0.15) is 0 Å². The number of benzene rings is 3. The largest absolute Gasteiger partial charge is 0.497 e. The molecule has 0 aliphatic carbocycles. The molecule has 0 aliphatic heterocycles. The highest BCUT2D eigenvalue weighted by atomic mass is 79.9. The summed E-state index contributed by atoms with van der Waals surface area (Å²) in [7, 11) is 1.64. The summed E-state index contributed by atoms with van der Waals surface area (Å²) in [5.74, 6) is 0.114. The van der Waals surface area contributed by atoms with Gasteiger partial charge in [-0.3, -0.25) is 14.8 Å². The lowest BCUT2D eigenvalue weighted by Crippen LogP contribution is -2.25. The van der Waals surface area contributed by atoms with Gasteiger partial charge in [0.1, 0.15) is 5.75 Å². The van der Waals surface area contributed by atoms with Gasteiger partial charge in [-0.1, -0.05) is 28.1 Å². The molecule has 34 heavy (non-hydrogen) atoms. The van der Waals surface area contributed by atoms with E-state index in [1.54, 1.807) is 36.9 Å². The normalized spacial score (nSPS) is 10.8. The predicted molar refractivity (Wildman–Crippen MR) is 133 cm³/mol. The summed E-state index contributed by atoms with van der Waals surface area (Å²) in [6, 6.07) is 20.3. The number of amides is 2. The Hall–Kier alpha value is -3.62. The van der Waals surface area contributed by atoms with E-state index in [1.807, 2.05) is 42.5 Å². The molecule has 0 saturated heterocycles. The third-order valence-corrected chi connectivity index (χ3v) is 6.16. The average Bonchev–Trinajstić information content (AvgIpc) is 3.20. The van der Waals surface area contributed by atoms with Gasteiger partial charge in [0.25, 0.3) is 11.8 Å². The molecule has 0 spiro atoms. The van der Waals surface area contributed by atoms with Crippen molar-refractivity contribution in [3.8, 4) is 5.75 Å². The lowest BCUT2D eigenvalue weighted by molar-refractivity contribution is 0.0706. The number of methoxy groups -OCH3 is 1. The summed E-state index contributed by atoms with van der Waals surface area (Å²) in [6.07, 6.45) is 2.75. The van der Waals surface area contributed by atoms with Crippen LogP contribution in [0.1, 0.15) is 31.8 Å². The molecule has 1 aromatic heterocycles. The van der Waals surface area contributed by atoms with Crippen LogP contribution in [0.5, 0.6) is 5.75 Å². The van der Waals surface area contributed by atoms with E-state index < -0.39 is 5.91 Å². The van der Waals surface area contributed by atoms with E-state index in [0.717, 1.165) is 32.3 Å². The van der Waals surface area contributed by atoms with Crippen molar-refractivity contribution in [3.05, 3.63) is 99.7 Å². The maximum Gasteiger partial charge on any atom is 0.274 e. The fraction of sp³-hybridized carbons (Fsp3) is 0.154. The number of nitrogens with zero attached hydrogens (tertiary/aromatic N) is 1. The fourth-order valence-electron chi connectivity index (χ4n) is 3.84. The maximum atomic E-state index is 12.5. The van der Waals surface area contributed by atoms with Gasteiger partial charge in [0.15, 0.2) is 0 Å². The quantitative estimate of drug-likeness (QED) is 0.234. The molecule has 0 unspecified atom stereocenters. The minimum Gasteiger partial charge on any atom is -0.497 e. The third kappa shape index (κ3) is 5.30. The number of carbonyl (C=O) groups is 2. The number of halogens is 1. The molecule has 0 atom stereocenters. The topological polar surface area (TPSA) is 92.6 Å². The Morgan fingerprint density at radius 1 is 0.971 bits per heavy atom. The number of aromatic nitrogens is 1. The summed E-state index contributed by atoms with van der Waals surface area (Å²) >= 11 is 3.38. The Kier molecular flexibility index (Phi) is 7.30. The van der Waals surface area contributed by atoms with Crippen LogP contribution in [-0.2, 0) is 13.0 Å². The lowest BCUT2D eigenvalue weighted by atomic mass is 10.1. The first-order valence-electron chi connectivity index (χ1n) is 10.7. The summed E-state index contributed by atoms with van der Waals surface area (Å²) in [6.45, 7) is 1.10. The minimum absolute atomic E-state index is 0.110. The van der Waals surface area contributed by atoms with E-state index in [4.69, 9.17) is 9.94 Å². The third-order valence-electron chi connectivity index (χ3n) is 5.63. The van der Waals surface area contributed by atoms with Gasteiger partial charge in [0.05, 0.1) is 7.11 Å². The highest BCUT2D eigenvalue weighted by Crippen LogP contribution is 2.27. The molecule has 1 heterocycles. The first-order valence-corrected chi connectivity index (χ1v) is 11.5. The van der Waals surface area contributed by atoms with Gasteiger partial charge < -0.3 is 14.6 Å². The lowest BCUT2D eigenvalue weighted by Gasteiger charge is -2.07. The maximum absolute atomic E-state index is 12.5. The Morgan fingerprint density at radius 2 is 1.65 bits per heavy atom. The fourth-order valence-corrected chi connectivity index (χ4v) is 4.11. The molecule has 0 fully saturated rings. The molecule has 3 N–H and O–H groups in total. The first kappa shape index (κ1) is 23.5. The van der Waals surface area contributed by atoms with Crippen molar-refractivity contribution in [2.45, 2.75) is 13.0 Å². The molecule has 3 aromatic carbocycles. The molecule has 2 amide bonds. The van der Waals surface area contributed by atoms with Gasteiger partial charge in [0.2, 0.25) is 0 Å². The van der Waals surface area contributed by atoms with Crippen LogP contribution in [0.4, 0.5) is 0 Å². The molecular formula is C26H24BrN3O4. The highest BCUT2D eigenvalue weighted by molar-refractivity contribution is 9.10. The van der Waals surface area contributed by atoms with Gasteiger partial charge in [-0.15, -0.1) is 0 Å². The van der Waals surface area contributed by atoms with Crippen molar-refractivity contribution in [2.24, 2.45) is 0 Å². The van der Waals surface area contributed by atoms with Gasteiger partial charge in [0, 0.05) is 45.8 Å². The Morgan fingerprint density at radius 3 is 2.32 bits per heavy atom. The first-order chi connectivity index (χ1) is 16.5. The van der Waals surface area contributed by atoms with E-state index in [1.165, 1.54) is 0 Å². The SMILES string of the molecule is COc1ccc2c(c1)c(CCNC(=O)c1ccc(Br)cc1)cn2Cc1ccc(C(=O)NO)cc1. The molecule has 174 valence electrons. The zero-order valence-electron chi connectivity index (χ0n) is 18.5. The average molecular weight is 522 g/mol. The number of hydrogen-bond acceptors (Lipinski definition) is 4. The van der Waals surface area contributed by atoms with E-state index in [9.17, 15) is 9.59 Å². The monoisotopic (exact) mass is 521 g/mol. The Bertz CT molecular complexity index is 1310. The molecule has 0 bridgehead atoms. The zero-order chi connectivity index (χ0) is 24.1. The predicted octanol–water partition coefficient (Wildman–Crippen LogP) is 4.55. The molecule has 4 aromatic rings. The summed E-state index contributed by atoms with van der Waals surface area (Å²) in [5, 5.41) is 12.8. The molecule has 0 saturated carbocycles. The standard InChI is InChI=1S/C26H24BrN3O4/c1-34-22-10-11-24-23(14-22)20(12-13-28-25(31)18-6-8-21(27)9-7-18)16-30(24)15-17-2-4-19(5-3-17)26(32)29-33/h2-11,14,16,33H,12-13,15H2,1H3,(H,28,31)(H,29,32). The van der Waals surface area contributed by atoms with Gasteiger partial charge in [-0.25, -0.2) is 5.48 Å².